The molecule has 0 rings (SSSR count). The number of hydrogen-bond donors (Lipinski definition) is 3. The van der Waals surface area contributed by atoms with Gasteiger partial charge in [-0.05, 0) is 6.92 Å². The lowest BCUT2D eigenvalue weighted by atomic mass is 10.1. The van der Waals surface area contributed by atoms with Crippen molar-refractivity contribution < 1.29 is 0 Å². The molecule has 0 aliphatic heterocycles. The van der Waals surface area contributed by atoms with Gasteiger partial charge in [-0.1, -0.05) is 6.92 Å². The molecule has 0 amide bonds. The van der Waals surface area contributed by atoms with Crippen LogP contribution in [0.25, 0.3) is 0 Å². The maximum atomic E-state index is 7.01. The van der Waals surface area contributed by atoms with Crippen LogP contribution in [0.4, 0.5) is 0 Å². The summed E-state index contributed by atoms with van der Waals surface area (Å²) < 4.78 is 0. The Labute approximate surface area is 48.9 Å². The smallest absolute Gasteiger partial charge is 0.0991 e. The van der Waals surface area contributed by atoms with Crippen molar-refractivity contribution in [3.8, 4) is 0 Å². The van der Waals surface area contributed by atoms with Crippen molar-refractivity contribution in [2.45, 2.75) is 13.8 Å². The third kappa shape index (κ3) is 1.73. The molecule has 0 aromatic carbocycles. The van der Waals surface area contributed by atoms with E-state index in [0.29, 0.717) is 5.71 Å². The van der Waals surface area contributed by atoms with E-state index >= 15 is 0 Å². The summed E-state index contributed by atoms with van der Waals surface area (Å²) in [5.74, 6) is -0.118. The third-order valence-corrected chi connectivity index (χ3v) is 1.12. The first-order valence-electron chi connectivity index (χ1n) is 2.44. The van der Waals surface area contributed by atoms with Crippen LogP contribution in [0, 0.1) is 16.7 Å². The lowest BCUT2D eigenvalue weighted by molar-refractivity contribution is 1.00. The molecule has 0 bridgehead atoms. The fraction of sp³-hybridized carbons (Fsp3) is 0.600. The molecule has 0 aliphatic carbocycles. The maximum absolute atomic E-state index is 7.01. The van der Waals surface area contributed by atoms with Gasteiger partial charge in [-0.25, -0.2) is 0 Å². The largest absolute Gasteiger partial charge is 0.387 e. The minimum atomic E-state index is -0.185. The average molecular weight is 113 g/mol. The van der Waals surface area contributed by atoms with Gasteiger partial charge in [-0.3, -0.25) is 5.41 Å². The van der Waals surface area contributed by atoms with Crippen molar-refractivity contribution in [1.82, 2.24) is 0 Å². The zero-order chi connectivity index (χ0) is 6.73. The van der Waals surface area contributed by atoms with Gasteiger partial charge in [0, 0.05) is 5.71 Å². The molecule has 0 radical (unpaired) electrons. The van der Waals surface area contributed by atoms with E-state index in [9.17, 15) is 0 Å². The highest BCUT2D eigenvalue weighted by Gasteiger charge is 2.04. The molecule has 46 valence electrons. The summed E-state index contributed by atoms with van der Waals surface area (Å²) in [6.07, 6.45) is 0. The molecule has 0 aromatic heterocycles. The summed E-state index contributed by atoms with van der Waals surface area (Å²) in [6.45, 7) is 3.39. The molecular weight excluding hydrogens is 102 g/mol. The van der Waals surface area contributed by atoms with Crippen molar-refractivity contribution in [3.63, 3.8) is 0 Å². The second-order valence-electron chi connectivity index (χ2n) is 1.86. The van der Waals surface area contributed by atoms with Crippen LogP contribution in [0.15, 0.2) is 0 Å². The second kappa shape index (κ2) is 2.45. The first-order valence-corrected chi connectivity index (χ1v) is 2.44. The van der Waals surface area contributed by atoms with Gasteiger partial charge in [0.1, 0.15) is 0 Å². The molecule has 3 heteroatoms. The fourth-order valence-corrected chi connectivity index (χ4v) is 0.233. The fourth-order valence-electron chi connectivity index (χ4n) is 0.233. The van der Waals surface area contributed by atoms with Crippen LogP contribution in [-0.4, -0.2) is 11.5 Å². The lowest BCUT2D eigenvalue weighted by Crippen LogP contribution is -2.24. The highest BCUT2D eigenvalue weighted by atomic mass is 14.7. The van der Waals surface area contributed by atoms with Gasteiger partial charge in [0.05, 0.1) is 11.8 Å². The van der Waals surface area contributed by atoms with Crippen molar-refractivity contribution >= 4 is 11.5 Å². The summed E-state index contributed by atoms with van der Waals surface area (Å²) in [6, 6.07) is 0. The molecule has 0 saturated carbocycles. The number of amidine groups is 1. The van der Waals surface area contributed by atoms with E-state index < -0.39 is 0 Å². The molecule has 3 nitrogen and oxygen atoms in total. The number of nitrogens with two attached hydrogens (primary N) is 1. The Morgan fingerprint density at radius 1 is 1.50 bits per heavy atom. The van der Waals surface area contributed by atoms with Gasteiger partial charge in [0.15, 0.2) is 0 Å². The lowest BCUT2D eigenvalue weighted by Gasteiger charge is -2.04. The molecular formula is C5H11N3. The number of nitrogens with one attached hydrogen (secondary N) is 2. The molecule has 0 aromatic rings. The summed E-state index contributed by atoms with van der Waals surface area (Å²) in [5.41, 5.74) is 5.52. The first-order chi connectivity index (χ1) is 3.55. The van der Waals surface area contributed by atoms with Gasteiger partial charge in [0.25, 0.3) is 0 Å². The van der Waals surface area contributed by atoms with E-state index in [1.54, 1.807) is 13.8 Å². The van der Waals surface area contributed by atoms with E-state index in [0.717, 1.165) is 0 Å². The molecule has 0 heterocycles. The van der Waals surface area contributed by atoms with E-state index in [2.05, 4.69) is 0 Å². The Morgan fingerprint density at radius 2 is 1.88 bits per heavy atom. The number of hydrogen-bond acceptors (Lipinski definition) is 2. The Balaban J connectivity index is 3.83. The highest BCUT2D eigenvalue weighted by molar-refractivity contribution is 6.01. The maximum Gasteiger partial charge on any atom is 0.0991 e. The van der Waals surface area contributed by atoms with Crippen LogP contribution in [-0.2, 0) is 0 Å². The number of rotatable bonds is 2. The van der Waals surface area contributed by atoms with Crippen LogP contribution < -0.4 is 5.73 Å². The highest BCUT2D eigenvalue weighted by Crippen LogP contribution is 1.93. The van der Waals surface area contributed by atoms with Crippen molar-refractivity contribution in [2.24, 2.45) is 11.7 Å². The van der Waals surface area contributed by atoms with Crippen LogP contribution in [0.3, 0.4) is 0 Å². The molecule has 4 N–H and O–H groups in total. The summed E-state index contributed by atoms with van der Waals surface area (Å²) in [7, 11) is 0. The zero-order valence-electron chi connectivity index (χ0n) is 5.15. The molecule has 1 unspecified atom stereocenters. The Morgan fingerprint density at radius 3 is 1.88 bits per heavy atom. The topological polar surface area (TPSA) is 73.7 Å². The van der Waals surface area contributed by atoms with Crippen LogP contribution in [0.5, 0.6) is 0 Å². The average Bonchev–Trinajstić information content (AvgIpc) is 1.64. The van der Waals surface area contributed by atoms with Gasteiger partial charge in [-0.2, -0.15) is 0 Å². The van der Waals surface area contributed by atoms with E-state index in [1.807, 2.05) is 0 Å². The van der Waals surface area contributed by atoms with Gasteiger partial charge >= 0.3 is 0 Å². The summed E-state index contributed by atoms with van der Waals surface area (Å²) in [5, 5.41) is 13.9. The zero-order valence-corrected chi connectivity index (χ0v) is 5.15. The minimum Gasteiger partial charge on any atom is -0.387 e. The second-order valence-corrected chi connectivity index (χ2v) is 1.86. The molecule has 0 aliphatic rings. The normalized spacial score (nSPS) is 12.8. The van der Waals surface area contributed by atoms with E-state index in [1.165, 1.54) is 0 Å². The molecule has 8 heavy (non-hydrogen) atoms. The van der Waals surface area contributed by atoms with Crippen molar-refractivity contribution in [3.05, 3.63) is 0 Å². The molecule has 0 fully saturated rings. The van der Waals surface area contributed by atoms with Crippen LogP contribution >= 0.6 is 0 Å². The SMILES string of the molecule is CC(=N)C(C)C(=N)N. The third-order valence-electron chi connectivity index (χ3n) is 1.12. The molecule has 0 saturated heterocycles. The summed E-state index contributed by atoms with van der Waals surface area (Å²) >= 11 is 0. The van der Waals surface area contributed by atoms with Gasteiger partial charge in [-0.15, -0.1) is 0 Å². The molecule has 1 atom stereocenters. The standard InChI is InChI=1S/C5H11N3/c1-3(4(2)6)5(7)8/h3,6H,1-2H3,(H3,7,8). The van der Waals surface area contributed by atoms with Gasteiger partial charge < -0.3 is 11.1 Å². The van der Waals surface area contributed by atoms with Crippen molar-refractivity contribution in [2.75, 3.05) is 0 Å². The summed E-state index contributed by atoms with van der Waals surface area (Å²) in [4.78, 5) is 0. The Kier molecular flexibility index (Phi) is 2.19. The molecule has 0 spiro atoms. The monoisotopic (exact) mass is 113 g/mol. The van der Waals surface area contributed by atoms with Crippen molar-refractivity contribution in [1.29, 1.82) is 10.8 Å². The minimum absolute atomic E-state index is 0.0671. The predicted octanol–water partition coefficient (Wildman–Crippen LogP) is 0.598. The quantitative estimate of drug-likeness (QED) is 0.356. The Hall–Kier alpha value is -0.860. The van der Waals surface area contributed by atoms with E-state index in [-0.39, 0.29) is 11.8 Å². The van der Waals surface area contributed by atoms with Gasteiger partial charge in [0.2, 0.25) is 0 Å². The predicted molar refractivity (Wildman–Crippen MR) is 34.5 cm³/mol. The Bertz CT molecular complexity index is 103. The first kappa shape index (κ1) is 7.14. The van der Waals surface area contributed by atoms with Crippen LogP contribution in [0.2, 0.25) is 0 Å². The van der Waals surface area contributed by atoms with E-state index in [4.69, 9.17) is 16.6 Å². The van der Waals surface area contributed by atoms with Crippen LogP contribution in [0.1, 0.15) is 13.8 Å².